The number of methoxy groups -OCH3 is 4. The first kappa shape index (κ1) is 33.7. The first-order chi connectivity index (χ1) is 19.5. The van der Waals surface area contributed by atoms with Gasteiger partial charge in [0.25, 0.3) is 0 Å². The van der Waals surface area contributed by atoms with Crippen molar-refractivity contribution < 1.29 is 18.9 Å². The Morgan fingerprint density at radius 2 is 0.929 bits per heavy atom. The van der Waals surface area contributed by atoms with Gasteiger partial charge in [0, 0.05) is 33.9 Å². The van der Waals surface area contributed by atoms with Gasteiger partial charge in [-0.25, -0.2) is 0 Å². The van der Waals surface area contributed by atoms with Gasteiger partial charge < -0.3 is 18.9 Å². The van der Waals surface area contributed by atoms with Crippen LogP contribution in [-0.2, 0) is 35.6 Å². The molecule has 42 heavy (non-hydrogen) atoms. The average Bonchev–Trinajstić information content (AvgIpc) is 3.00. The minimum Gasteiger partial charge on any atom is -0.378 e. The SMILES string of the molecule is COC(C)(C)C(C)(c1ccccc1)C(C)(C)OC.COC(C)(C)c1ccc2c(ccc3ccccc32)c1C(C)(C)OC. The summed E-state index contributed by atoms with van der Waals surface area (Å²) < 4.78 is 23.2. The highest BCUT2D eigenvalue weighted by Gasteiger charge is 2.53. The smallest absolute Gasteiger partial charge is 0.0881 e. The van der Waals surface area contributed by atoms with Gasteiger partial charge in [-0.3, -0.25) is 0 Å². The van der Waals surface area contributed by atoms with E-state index < -0.39 is 5.60 Å². The summed E-state index contributed by atoms with van der Waals surface area (Å²) in [5.74, 6) is 0. The third-order valence-corrected chi connectivity index (χ3v) is 9.98. The molecule has 0 bridgehead atoms. The molecule has 0 unspecified atom stereocenters. The molecule has 0 spiro atoms. The zero-order chi connectivity index (χ0) is 31.6. The highest BCUT2D eigenvalue weighted by molar-refractivity contribution is 6.09. The Kier molecular flexibility index (Phi) is 10.0. The van der Waals surface area contributed by atoms with E-state index in [1.54, 1.807) is 28.4 Å². The molecule has 0 aromatic heterocycles. The molecule has 228 valence electrons. The zero-order valence-electron chi connectivity index (χ0n) is 28.1. The number of ether oxygens (including phenoxy) is 4. The molecule has 0 radical (unpaired) electrons. The lowest BCUT2D eigenvalue weighted by Crippen LogP contribution is -2.60. The maximum absolute atomic E-state index is 5.87. The molecule has 0 heterocycles. The summed E-state index contributed by atoms with van der Waals surface area (Å²) in [6.45, 7) is 19.1. The zero-order valence-corrected chi connectivity index (χ0v) is 28.1. The van der Waals surface area contributed by atoms with Crippen molar-refractivity contribution in [2.24, 2.45) is 0 Å². The number of fused-ring (bicyclic) bond motifs is 3. The first-order valence-electron chi connectivity index (χ1n) is 14.8. The topological polar surface area (TPSA) is 36.9 Å². The summed E-state index contributed by atoms with van der Waals surface area (Å²) in [5.41, 5.74) is 1.85. The molecule has 4 rings (SSSR count). The number of hydrogen-bond donors (Lipinski definition) is 0. The third kappa shape index (κ3) is 6.01. The van der Waals surface area contributed by atoms with Crippen LogP contribution in [0, 0.1) is 0 Å². The van der Waals surface area contributed by atoms with Crippen LogP contribution in [0.4, 0.5) is 0 Å². The quantitative estimate of drug-likeness (QED) is 0.187. The molecule has 0 amide bonds. The lowest BCUT2D eigenvalue weighted by molar-refractivity contribution is -0.141. The van der Waals surface area contributed by atoms with Crippen LogP contribution in [0.25, 0.3) is 21.5 Å². The maximum Gasteiger partial charge on any atom is 0.0881 e. The van der Waals surface area contributed by atoms with Gasteiger partial charge in [-0.15, -0.1) is 0 Å². The molecule has 0 aliphatic carbocycles. The Hall–Kier alpha value is -2.76. The van der Waals surface area contributed by atoms with E-state index in [1.807, 2.05) is 6.07 Å². The van der Waals surface area contributed by atoms with Gasteiger partial charge in [0.1, 0.15) is 0 Å². The Morgan fingerprint density at radius 1 is 0.429 bits per heavy atom. The third-order valence-electron chi connectivity index (χ3n) is 9.98. The van der Waals surface area contributed by atoms with Crippen molar-refractivity contribution >= 4 is 21.5 Å². The molecule has 0 saturated heterocycles. The molecule has 0 aliphatic rings. The summed E-state index contributed by atoms with van der Waals surface area (Å²) >= 11 is 0. The van der Waals surface area contributed by atoms with Crippen LogP contribution in [0.3, 0.4) is 0 Å². The van der Waals surface area contributed by atoms with Crippen molar-refractivity contribution in [1.82, 2.24) is 0 Å². The summed E-state index contributed by atoms with van der Waals surface area (Å²) in [6, 6.07) is 27.7. The summed E-state index contributed by atoms with van der Waals surface area (Å²) in [4.78, 5) is 0. The molecule has 0 fully saturated rings. The van der Waals surface area contributed by atoms with E-state index in [2.05, 4.69) is 135 Å². The lowest BCUT2D eigenvalue weighted by atomic mass is 9.61. The summed E-state index contributed by atoms with van der Waals surface area (Å²) in [7, 11) is 7.04. The van der Waals surface area contributed by atoms with E-state index in [0.29, 0.717) is 0 Å². The van der Waals surface area contributed by atoms with Crippen molar-refractivity contribution in [3.63, 3.8) is 0 Å². The van der Waals surface area contributed by atoms with Gasteiger partial charge in [0.05, 0.1) is 22.4 Å². The standard InChI is InChI=1S/C22H26O2.C16H26O2/c1-21(2,23-5)19-14-13-17-16-10-8-7-9-15(16)11-12-18(17)20(19)22(3,4)24-6;1-14(2,17-6)16(5,15(3,4)18-7)13-11-9-8-10-12-13/h7-14H,1-6H3;8-12H,1-7H3. The molecule has 0 saturated carbocycles. The Morgan fingerprint density at radius 3 is 1.45 bits per heavy atom. The van der Waals surface area contributed by atoms with Gasteiger partial charge >= 0.3 is 0 Å². The fourth-order valence-electron chi connectivity index (χ4n) is 6.05. The van der Waals surface area contributed by atoms with Crippen LogP contribution in [0.5, 0.6) is 0 Å². The van der Waals surface area contributed by atoms with Crippen molar-refractivity contribution in [3.8, 4) is 0 Å². The molecule has 0 aliphatic heterocycles. The molecule has 4 aromatic rings. The Balaban J connectivity index is 0.000000241. The monoisotopic (exact) mass is 572 g/mol. The second-order valence-electron chi connectivity index (χ2n) is 13.2. The van der Waals surface area contributed by atoms with Crippen LogP contribution < -0.4 is 0 Å². The lowest BCUT2D eigenvalue weighted by Gasteiger charge is -2.52. The first-order valence-corrected chi connectivity index (χ1v) is 14.8. The molecule has 4 aromatic carbocycles. The van der Waals surface area contributed by atoms with E-state index in [0.717, 1.165) is 0 Å². The summed E-state index contributed by atoms with van der Waals surface area (Å²) in [5, 5.41) is 5.00. The van der Waals surface area contributed by atoms with Gasteiger partial charge in [-0.05, 0) is 101 Å². The molecule has 0 atom stereocenters. The predicted octanol–water partition coefficient (Wildman–Crippen LogP) is 9.55. The van der Waals surface area contributed by atoms with Crippen LogP contribution in [0.15, 0.2) is 78.9 Å². The van der Waals surface area contributed by atoms with Crippen molar-refractivity contribution in [2.45, 2.75) is 90.1 Å². The van der Waals surface area contributed by atoms with Crippen LogP contribution in [0.1, 0.15) is 79.0 Å². The molecular weight excluding hydrogens is 520 g/mol. The summed E-state index contributed by atoms with van der Waals surface area (Å²) in [6.07, 6.45) is 0. The second kappa shape index (κ2) is 12.5. The highest BCUT2D eigenvalue weighted by Crippen LogP contribution is 2.47. The Labute approximate surface area is 254 Å². The van der Waals surface area contributed by atoms with E-state index in [4.69, 9.17) is 18.9 Å². The second-order valence-corrected chi connectivity index (χ2v) is 13.2. The van der Waals surface area contributed by atoms with Crippen LogP contribution in [0.2, 0.25) is 0 Å². The normalized spacial score (nSPS) is 13.3. The van der Waals surface area contributed by atoms with Crippen LogP contribution >= 0.6 is 0 Å². The fraction of sp³-hybridized carbons (Fsp3) is 0.474. The van der Waals surface area contributed by atoms with E-state index in [-0.39, 0.29) is 22.2 Å². The largest absolute Gasteiger partial charge is 0.378 e. The van der Waals surface area contributed by atoms with E-state index in [9.17, 15) is 0 Å². The molecular formula is C38H52O4. The van der Waals surface area contributed by atoms with Crippen molar-refractivity contribution in [3.05, 3.63) is 95.6 Å². The maximum atomic E-state index is 5.87. The number of hydrogen-bond acceptors (Lipinski definition) is 4. The van der Waals surface area contributed by atoms with Gasteiger partial charge in [-0.1, -0.05) is 78.9 Å². The van der Waals surface area contributed by atoms with E-state index >= 15 is 0 Å². The van der Waals surface area contributed by atoms with Gasteiger partial charge in [-0.2, -0.15) is 0 Å². The van der Waals surface area contributed by atoms with Crippen LogP contribution in [-0.4, -0.2) is 39.6 Å². The number of benzene rings is 4. The molecule has 0 N–H and O–H groups in total. The van der Waals surface area contributed by atoms with Gasteiger partial charge in [0.2, 0.25) is 0 Å². The van der Waals surface area contributed by atoms with Gasteiger partial charge in [0.15, 0.2) is 0 Å². The fourth-order valence-corrected chi connectivity index (χ4v) is 6.05. The van der Waals surface area contributed by atoms with Crippen molar-refractivity contribution in [2.75, 3.05) is 28.4 Å². The average molecular weight is 573 g/mol. The highest BCUT2D eigenvalue weighted by atomic mass is 16.5. The predicted molar refractivity (Wildman–Crippen MR) is 177 cm³/mol. The molecule has 4 heteroatoms. The minimum absolute atomic E-state index is 0.259. The van der Waals surface area contributed by atoms with E-state index in [1.165, 1.54) is 38.2 Å². The minimum atomic E-state index is -0.410. The molecule has 4 nitrogen and oxygen atoms in total. The number of rotatable bonds is 9. The van der Waals surface area contributed by atoms with Crippen molar-refractivity contribution in [1.29, 1.82) is 0 Å². The Bertz CT molecular complexity index is 1470.